The van der Waals surface area contributed by atoms with Gasteiger partial charge in [0.15, 0.2) is 0 Å². The number of benzene rings is 1. The molecular weight excluding hydrogens is 361 g/mol. The number of carbonyl (C=O) groups excluding carboxylic acids is 2. The number of hydrogen-bond acceptors (Lipinski definition) is 3. The first-order chi connectivity index (χ1) is 12.0. The maximum atomic E-state index is 12.2. The zero-order chi connectivity index (χ0) is 17.8. The van der Waals surface area contributed by atoms with E-state index in [1.165, 1.54) is 0 Å². The molecule has 5 nitrogen and oxygen atoms in total. The molecule has 2 aromatic rings. The summed E-state index contributed by atoms with van der Waals surface area (Å²) in [6, 6.07) is 10.3. The van der Waals surface area contributed by atoms with Crippen molar-refractivity contribution in [2.45, 2.75) is 25.3 Å². The number of aromatic nitrogens is 1. The van der Waals surface area contributed by atoms with Crippen molar-refractivity contribution in [2.75, 3.05) is 6.54 Å². The van der Waals surface area contributed by atoms with Crippen LogP contribution in [0.2, 0.25) is 10.0 Å². The number of halogens is 2. The van der Waals surface area contributed by atoms with E-state index in [1.54, 1.807) is 30.3 Å². The van der Waals surface area contributed by atoms with Gasteiger partial charge in [-0.05, 0) is 49.1 Å². The van der Waals surface area contributed by atoms with Gasteiger partial charge in [0.05, 0.1) is 0 Å². The third-order valence-corrected chi connectivity index (χ3v) is 4.41. The summed E-state index contributed by atoms with van der Waals surface area (Å²) < 4.78 is 0. The summed E-state index contributed by atoms with van der Waals surface area (Å²) in [4.78, 5) is 28.4. The smallest absolute Gasteiger partial charge is 0.270 e. The van der Waals surface area contributed by atoms with Crippen molar-refractivity contribution in [1.29, 1.82) is 0 Å². The molecule has 25 heavy (non-hydrogen) atoms. The number of nitrogens with one attached hydrogen (secondary N) is 2. The lowest BCUT2D eigenvalue weighted by Gasteiger charge is -2.08. The molecule has 1 heterocycles. The molecule has 2 amide bonds. The Bertz CT molecular complexity index is 807. The van der Waals surface area contributed by atoms with Crippen LogP contribution in [-0.4, -0.2) is 29.4 Å². The largest absolute Gasteiger partial charge is 0.350 e. The minimum absolute atomic E-state index is 0.214. The highest BCUT2D eigenvalue weighted by atomic mass is 35.5. The van der Waals surface area contributed by atoms with Crippen molar-refractivity contribution in [3.8, 4) is 0 Å². The first-order valence-corrected chi connectivity index (χ1v) is 8.78. The molecule has 7 heteroatoms. The van der Waals surface area contributed by atoms with E-state index < -0.39 is 0 Å². The van der Waals surface area contributed by atoms with Crippen LogP contribution in [0.15, 0.2) is 36.4 Å². The second kappa shape index (κ2) is 7.85. The molecule has 0 spiro atoms. The van der Waals surface area contributed by atoms with Crippen LogP contribution in [0, 0.1) is 0 Å². The highest BCUT2D eigenvalue weighted by Crippen LogP contribution is 2.21. The Morgan fingerprint density at radius 2 is 1.80 bits per heavy atom. The molecule has 3 rings (SSSR count). The van der Waals surface area contributed by atoms with E-state index in [-0.39, 0.29) is 29.2 Å². The molecule has 1 aliphatic carbocycles. The molecule has 1 aliphatic rings. The predicted octanol–water partition coefficient (Wildman–Crippen LogP) is 3.25. The summed E-state index contributed by atoms with van der Waals surface area (Å²) in [5, 5.41) is 6.78. The van der Waals surface area contributed by atoms with Gasteiger partial charge in [-0.25, -0.2) is 4.98 Å². The molecular formula is C18H17Cl2N3O2. The molecule has 0 atom stereocenters. The van der Waals surface area contributed by atoms with Gasteiger partial charge in [0.2, 0.25) is 0 Å². The van der Waals surface area contributed by atoms with Crippen LogP contribution in [0.25, 0.3) is 0 Å². The fraction of sp³-hybridized carbons (Fsp3) is 0.278. The van der Waals surface area contributed by atoms with E-state index in [1.807, 2.05) is 6.07 Å². The van der Waals surface area contributed by atoms with Gasteiger partial charge < -0.3 is 10.6 Å². The van der Waals surface area contributed by atoms with Gasteiger partial charge in [-0.15, -0.1) is 0 Å². The van der Waals surface area contributed by atoms with Crippen LogP contribution in [0.4, 0.5) is 0 Å². The van der Waals surface area contributed by atoms with E-state index in [2.05, 4.69) is 15.6 Å². The molecule has 0 aliphatic heterocycles. The maximum Gasteiger partial charge on any atom is 0.270 e. The molecule has 1 saturated carbocycles. The molecule has 1 fully saturated rings. The zero-order valence-electron chi connectivity index (χ0n) is 13.4. The minimum Gasteiger partial charge on any atom is -0.350 e. The summed E-state index contributed by atoms with van der Waals surface area (Å²) in [6.45, 7) is 0.403. The third kappa shape index (κ3) is 4.94. The lowest BCUT2D eigenvalue weighted by Crippen LogP contribution is -2.29. The Labute approximate surface area is 155 Å². The molecule has 0 bridgehead atoms. The Hall–Kier alpha value is -2.11. The van der Waals surface area contributed by atoms with Crippen molar-refractivity contribution < 1.29 is 9.59 Å². The first kappa shape index (κ1) is 17.7. The van der Waals surface area contributed by atoms with Gasteiger partial charge in [-0.3, -0.25) is 9.59 Å². The van der Waals surface area contributed by atoms with Crippen LogP contribution in [-0.2, 0) is 6.42 Å². The molecule has 0 unspecified atom stereocenters. The van der Waals surface area contributed by atoms with Gasteiger partial charge in [-0.2, -0.15) is 0 Å². The van der Waals surface area contributed by atoms with Crippen LogP contribution < -0.4 is 10.6 Å². The normalized spacial score (nSPS) is 13.4. The monoisotopic (exact) mass is 377 g/mol. The van der Waals surface area contributed by atoms with Gasteiger partial charge in [0.1, 0.15) is 11.4 Å². The van der Waals surface area contributed by atoms with Crippen molar-refractivity contribution in [2.24, 2.45) is 0 Å². The molecule has 1 aromatic heterocycles. The quantitative estimate of drug-likeness (QED) is 0.811. The Kier molecular flexibility index (Phi) is 5.56. The molecule has 0 saturated heterocycles. The van der Waals surface area contributed by atoms with Gasteiger partial charge >= 0.3 is 0 Å². The van der Waals surface area contributed by atoms with Gasteiger partial charge in [0, 0.05) is 22.6 Å². The fourth-order valence-electron chi connectivity index (χ4n) is 2.30. The van der Waals surface area contributed by atoms with E-state index in [4.69, 9.17) is 23.2 Å². The number of carbonyl (C=O) groups is 2. The fourth-order valence-corrected chi connectivity index (χ4v) is 2.80. The lowest BCUT2D eigenvalue weighted by atomic mass is 10.1. The van der Waals surface area contributed by atoms with Gasteiger partial charge in [0.25, 0.3) is 11.8 Å². The number of hydrogen-bond donors (Lipinski definition) is 2. The number of pyridine rings is 1. The molecule has 2 N–H and O–H groups in total. The van der Waals surface area contributed by atoms with Crippen molar-refractivity contribution >= 4 is 35.0 Å². The van der Waals surface area contributed by atoms with Crippen LogP contribution in [0.3, 0.4) is 0 Å². The van der Waals surface area contributed by atoms with Gasteiger partial charge in [-0.1, -0.05) is 35.3 Å². The summed E-state index contributed by atoms with van der Waals surface area (Å²) in [5.74, 6) is -0.573. The number of nitrogens with zero attached hydrogens (tertiary/aromatic N) is 1. The molecule has 130 valence electrons. The summed E-state index contributed by atoms with van der Waals surface area (Å²) in [5.41, 5.74) is 1.36. The predicted molar refractivity (Wildman–Crippen MR) is 97.2 cm³/mol. The molecule has 0 radical (unpaired) electrons. The Balaban J connectivity index is 1.56. The van der Waals surface area contributed by atoms with Crippen molar-refractivity contribution in [1.82, 2.24) is 15.6 Å². The van der Waals surface area contributed by atoms with E-state index in [0.29, 0.717) is 23.0 Å². The topological polar surface area (TPSA) is 71.1 Å². The number of rotatable bonds is 6. The average molecular weight is 378 g/mol. The second-order valence-electron chi connectivity index (χ2n) is 5.90. The summed E-state index contributed by atoms with van der Waals surface area (Å²) >= 11 is 12.0. The first-order valence-electron chi connectivity index (χ1n) is 8.03. The maximum absolute atomic E-state index is 12.2. The lowest BCUT2D eigenvalue weighted by molar-refractivity contribution is 0.0943. The summed E-state index contributed by atoms with van der Waals surface area (Å²) in [7, 11) is 0. The third-order valence-electron chi connectivity index (χ3n) is 3.82. The Morgan fingerprint density at radius 1 is 1.08 bits per heavy atom. The molecule has 1 aromatic carbocycles. The SMILES string of the molecule is O=C(NCCc1ccc(Cl)cc1Cl)c1cccc(C(=O)NC2CC2)n1. The Morgan fingerprint density at radius 3 is 2.48 bits per heavy atom. The standard InChI is InChI=1S/C18H17Cl2N3O2/c19-12-5-4-11(14(20)10-12)8-9-21-17(24)15-2-1-3-16(23-15)18(25)22-13-6-7-13/h1-5,10,13H,6-9H2,(H,21,24)(H,22,25). The number of amides is 2. The van der Waals surface area contributed by atoms with Crippen molar-refractivity contribution in [3.05, 3.63) is 63.4 Å². The van der Waals surface area contributed by atoms with E-state index in [0.717, 1.165) is 18.4 Å². The van der Waals surface area contributed by atoms with Crippen LogP contribution >= 0.6 is 23.2 Å². The average Bonchev–Trinajstić information content (AvgIpc) is 3.41. The second-order valence-corrected chi connectivity index (χ2v) is 6.74. The van der Waals surface area contributed by atoms with E-state index >= 15 is 0 Å². The van der Waals surface area contributed by atoms with E-state index in [9.17, 15) is 9.59 Å². The summed E-state index contributed by atoms with van der Waals surface area (Å²) in [6.07, 6.45) is 2.57. The van der Waals surface area contributed by atoms with Crippen LogP contribution in [0.5, 0.6) is 0 Å². The highest BCUT2D eigenvalue weighted by Gasteiger charge is 2.24. The zero-order valence-corrected chi connectivity index (χ0v) is 14.9. The minimum atomic E-state index is -0.328. The highest BCUT2D eigenvalue weighted by molar-refractivity contribution is 6.35. The van der Waals surface area contributed by atoms with Crippen LogP contribution in [0.1, 0.15) is 39.4 Å². The van der Waals surface area contributed by atoms with Crippen molar-refractivity contribution in [3.63, 3.8) is 0 Å².